The molecule has 0 N–H and O–H groups in total. The van der Waals surface area contributed by atoms with E-state index in [1.54, 1.807) is 31.4 Å². The van der Waals surface area contributed by atoms with Gasteiger partial charge in [-0.15, -0.1) is 3.89 Å². The zero-order valence-electron chi connectivity index (χ0n) is 12.4. The maximum Gasteiger partial charge on any atom is 0.302 e. The van der Waals surface area contributed by atoms with Gasteiger partial charge in [-0.25, -0.2) is 0 Å². The average molecular weight is 338 g/mol. The highest BCUT2D eigenvalue weighted by Crippen LogP contribution is 2.28. The van der Waals surface area contributed by atoms with Crippen LogP contribution in [0.3, 0.4) is 0 Å². The number of amides is 1. The van der Waals surface area contributed by atoms with E-state index < -0.39 is 21.9 Å². The van der Waals surface area contributed by atoms with Crippen LogP contribution in [0.15, 0.2) is 30.5 Å². The normalized spacial score (nSPS) is 18.6. The zero-order chi connectivity index (χ0) is 16.6. The standard InChI is InChI=1S/C14H15FN4O3S/c1-18-13(7-12(17-18)11-4-2-3-5-16-11)19-8-10(6-14(19)20)9-23(15,21)22/h2-5,7,10H,6,8-9H2,1H3. The van der Waals surface area contributed by atoms with Crippen LogP contribution >= 0.6 is 0 Å². The van der Waals surface area contributed by atoms with Crippen LogP contribution < -0.4 is 4.90 Å². The fraction of sp³-hybridized carbons (Fsp3) is 0.357. The lowest BCUT2D eigenvalue weighted by atomic mass is 10.1. The highest BCUT2D eigenvalue weighted by atomic mass is 32.3. The molecule has 122 valence electrons. The summed E-state index contributed by atoms with van der Waals surface area (Å²) in [6.07, 6.45) is 1.65. The fourth-order valence-corrected chi connectivity index (χ4v) is 3.53. The number of rotatable bonds is 4. The molecule has 2 aromatic rings. The number of hydrogen-bond donors (Lipinski definition) is 0. The molecule has 7 nitrogen and oxygen atoms in total. The van der Waals surface area contributed by atoms with Crippen LogP contribution in [0, 0.1) is 5.92 Å². The summed E-state index contributed by atoms with van der Waals surface area (Å²) in [5.74, 6) is -0.894. The van der Waals surface area contributed by atoms with E-state index in [-0.39, 0.29) is 18.9 Å². The molecule has 1 saturated heterocycles. The largest absolute Gasteiger partial charge is 0.302 e. The Morgan fingerprint density at radius 3 is 2.78 bits per heavy atom. The van der Waals surface area contributed by atoms with E-state index in [0.717, 1.165) is 0 Å². The van der Waals surface area contributed by atoms with E-state index in [1.807, 2.05) is 6.07 Å². The van der Waals surface area contributed by atoms with Gasteiger partial charge in [-0.1, -0.05) is 6.07 Å². The van der Waals surface area contributed by atoms with Gasteiger partial charge in [-0.3, -0.25) is 19.4 Å². The van der Waals surface area contributed by atoms with Crippen LogP contribution in [0.5, 0.6) is 0 Å². The van der Waals surface area contributed by atoms with Crippen LogP contribution in [0.25, 0.3) is 11.4 Å². The minimum Gasteiger partial charge on any atom is -0.297 e. The van der Waals surface area contributed by atoms with Crippen LogP contribution in [0.2, 0.25) is 0 Å². The summed E-state index contributed by atoms with van der Waals surface area (Å²) in [5.41, 5.74) is 1.28. The van der Waals surface area contributed by atoms with Crippen molar-refractivity contribution < 1.29 is 17.1 Å². The van der Waals surface area contributed by atoms with Crippen LogP contribution in [-0.4, -0.2) is 41.4 Å². The SMILES string of the molecule is Cn1nc(-c2ccccn2)cc1N1CC(CS(=O)(=O)F)CC1=O. The molecule has 2 aromatic heterocycles. The Kier molecular flexibility index (Phi) is 3.88. The van der Waals surface area contributed by atoms with Crippen LogP contribution in [0.1, 0.15) is 6.42 Å². The first kappa shape index (κ1) is 15.6. The van der Waals surface area contributed by atoms with Crippen molar-refractivity contribution in [2.24, 2.45) is 13.0 Å². The van der Waals surface area contributed by atoms with Gasteiger partial charge in [0.25, 0.3) is 0 Å². The minimum absolute atomic E-state index is 0.00719. The topological polar surface area (TPSA) is 85.2 Å². The second-order valence-corrected chi connectivity index (χ2v) is 6.92. The molecular formula is C14H15FN4O3S. The van der Waals surface area contributed by atoms with E-state index in [0.29, 0.717) is 17.2 Å². The molecule has 1 unspecified atom stereocenters. The number of halogens is 1. The van der Waals surface area contributed by atoms with Gasteiger partial charge in [0.1, 0.15) is 11.5 Å². The van der Waals surface area contributed by atoms with Crippen molar-refractivity contribution in [1.82, 2.24) is 14.8 Å². The highest BCUT2D eigenvalue weighted by molar-refractivity contribution is 7.86. The van der Waals surface area contributed by atoms with Crippen molar-refractivity contribution >= 4 is 21.9 Å². The van der Waals surface area contributed by atoms with Gasteiger partial charge >= 0.3 is 10.2 Å². The third-order valence-electron chi connectivity index (χ3n) is 3.70. The van der Waals surface area contributed by atoms with Crippen molar-refractivity contribution in [3.63, 3.8) is 0 Å². The predicted molar refractivity (Wildman–Crippen MR) is 81.8 cm³/mol. The number of nitrogens with zero attached hydrogens (tertiary/aromatic N) is 4. The number of carbonyl (C=O) groups is 1. The van der Waals surface area contributed by atoms with Gasteiger partial charge < -0.3 is 0 Å². The predicted octanol–water partition coefficient (Wildman–Crippen LogP) is 1.13. The van der Waals surface area contributed by atoms with Gasteiger partial charge in [-0.05, 0) is 12.1 Å². The van der Waals surface area contributed by atoms with Crippen molar-refractivity contribution in [2.45, 2.75) is 6.42 Å². The van der Waals surface area contributed by atoms with Gasteiger partial charge in [0.05, 0.1) is 11.4 Å². The summed E-state index contributed by atoms with van der Waals surface area (Å²) in [7, 11) is -2.91. The van der Waals surface area contributed by atoms with E-state index in [9.17, 15) is 17.1 Å². The second-order valence-electron chi connectivity index (χ2n) is 5.51. The molecule has 1 amide bonds. The molecule has 0 aliphatic carbocycles. The van der Waals surface area contributed by atoms with E-state index in [1.165, 1.54) is 9.58 Å². The van der Waals surface area contributed by atoms with Gasteiger partial charge in [0.15, 0.2) is 0 Å². The van der Waals surface area contributed by atoms with Crippen molar-refractivity contribution in [3.8, 4) is 11.4 Å². The summed E-state index contributed by atoms with van der Waals surface area (Å²) in [5, 5.41) is 4.33. The maximum absolute atomic E-state index is 12.8. The Labute approximate surface area is 133 Å². The van der Waals surface area contributed by atoms with E-state index in [2.05, 4.69) is 10.1 Å². The van der Waals surface area contributed by atoms with Crippen molar-refractivity contribution in [3.05, 3.63) is 30.5 Å². The summed E-state index contributed by atoms with van der Waals surface area (Å²) in [6.45, 7) is 0.156. The maximum atomic E-state index is 12.8. The summed E-state index contributed by atoms with van der Waals surface area (Å²) in [6, 6.07) is 7.14. The van der Waals surface area contributed by atoms with E-state index in [4.69, 9.17) is 0 Å². The smallest absolute Gasteiger partial charge is 0.297 e. The molecule has 0 bridgehead atoms. The Balaban J connectivity index is 1.85. The number of pyridine rings is 1. The third-order valence-corrected chi connectivity index (χ3v) is 4.57. The molecule has 3 heterocycles. The molecule has 0 spiro atoms. The Hall–Kier alpha value is -2.29. The molecule has 9 heteroatoms. The monoisotopic (exact) mass is 338 g/mol. The highest BCUT2D eigenvalue weighted by Gasteiger charge is 2.35. The zero-order valence-corrected chi connectivity index (χ0v) is 13.2. The Bertz CT molecular complexity index is 835. The molecule has 0 radical (unpaired) electrons. The number of carbonyl (C=O) groups excluding carboxylic acids is 1. The first-order valence-electron chi connectivity index (χ1n) is 7.01. The lowest BCUT2D eigenvalue weighted by Gasteiger charge is -2.15. The van der Waals surface area contributed by atoms with Crippen molar-refractivity contribution in [2.75, 3.05) is 17.2 Å². The molecular weight excluding hydrogens is 323 g/mol. The average Bonchev–Trinajstić information content (AvgIpc) is 3.01. The number of aryl methyl sites for hydroxylation is 1. The summed E-state index contributed by atoms with van der Waals surface area (Å²) >= 11 is 0. The lowest BCUT2D eigenvalue weighted by Crippen LogP contribution is -2.27. The number of hydrogen-bond acceptors (Lipinski definition) is 5. The van der Waals surface area contributed by atoms with Gasteiger partial charge in [-0.2, -0.15) is 13.5 Å². The fourth-order valence-electron chi connectivity index (χ4n) is 2.75. The summed E-state index contributed by atoms with van der Waals surface area (Å²) < 4.78 is 35.9. The molecule has 0 aromatic carbocycles. The second kappa shape index (κ2) is 5.73. The molecule has 3 rings (SSSR count). The molecule has 1 aliphatic rings. The third kappa shape index (κ3) is 3.39. The van der Waals surface area contributed by atoms with Crippen LogP contribution in [-0.2, 0) is 22.1 Å². The molecule has 23 heavy (non-hydrogen) atoms. The number of anilines is 1. The van der Waals surface area contributed by atoms with Crippen LogP contribution in [0.4, 0.5) is 9.70 Å². The molecule has 1 fully saturated rings. The number of aromatic nitrogens is 3. The quantitative estimate of drug-likeness (QED) is 0.780. The first-order valence-corrected chi connectivity index (χ1v) is 8.57. The lowest BCUT2D eigenvalue weighted by molar-refractivity contribution is -0.117. The molecule has 1 atom stereocenters. The molecule has 0 saturated carbocycles. The Morgan fingerprint density at radius 1 is 1.35 bits per heavy atom. The van der Waals surface area contributed by atoms with Gasteiger partial charge in [0.2, 0.25) is 5.91 Å². The van der Waals surface area contributed by atoms with Gasteiger partial charge in [0, 0.05) is 38.2 Å². The summed E-state index contributed by atoms with van der Waals surface area (Å²) in [4.78, 5) is 17.8. The van der Waals surface area contributed by atoms with Crippen molar-refractivity contribution in [1.29, 1.82) is 0 Å². The minimum atomic E-state index is -4.60. The Morgan fingerprint density at radius 2 is 2.13 bits per heavy atom. The molecule has 1 aliphatic heterocycles. The van der Waals surface area contributed by atoms with E-state index >= 15 is 0 Å². The first-order chi connectivity index (χ1) is 10.8.